The third-order valence-corrected chi connectivity index (χ3v) is 2.50. The summed E-state index contributed by atoms with van der Waals surface area (Å²) in [5.74, 6) is -0.178. The lowest BCUT2D eigenvalue weighted by molar-refractivity contribution is -0.138. The first-order valence-electron chi connectivity index (χ1n) is 5.47. The predicted octanol–water partition coefficient (Wildman–Crippen LogP) is 1.08. The molecule has 1 aromatic rings. The lowest BCUT2D eigenvalue weighted by Crippen LogP contribution is -2.36. The van der Waals surface area contributed by atoms with E-state index < -0.39 is 12.0 Å². The standard InChI is InChI=1S/C12H18N2O3/c1-3-8-6-9(4-5-11(8)17-2)14-7-10(13)12(15)16/h4-6,10,14H,3,7,13H2,1-2H3,(H,15,16). The third kappa shape index (κ3) is 3.64. The molecule has 0 aromatic heterocycles. The van der Waals surface area contributed by atoms with Crippen molar-refractivity contribution in [3.63, 3.8) is 0 Å². The number of nitrogens with two attached hydrogens (primary N) is 1. The second-order valence-corrected chi connectivity index (χ2v) is 3.71. The fraction of sp³-hybridized carbons (Fsp3) is 0.417. The highest BCUT2D eigenvalue weighted by atomic mass is 16.5. The minimum Gasteiger partial charge on any atom is -0.496 e. The molecule has 94 valence electrons. The molecule has 0 radical (unpaired) electrons. The number of benzene rings is 1. The molecule has 1 atom stereocenters. The molecule has 1 unspecified atom stereocenters. The van der Waals surface area contributed by atoms with E-state index in [-0.39, 0.29) is 6.54 Å². The van der Waals surface area contributed by atoms with Gasteiger partial charge >= 0.3 is 5.97 Å². The molecule has 0 bridgehead atoms. The second-order valence-electron chi connectivity index (χ2n) is 3.71. The summed E-state index contributed by atoms with van der Waals surface area (Å²) in [4.78, 5) is 10.6. The number of ether oxygens (including phenoxy) is 1. The van der Waals surface area contributed by atoms with E-state index in [1.165, 1.54) is 0 Å². The van der Waals surface area contributed by atoms with Gasteiger partial charge in [-0.05, 0) is 30.2 Å². The lowest BCUT2D eigenvalue weighted by Gasteiger charge is -2.12. The van der Waals surface area contributed by atoms with E-state index in [1.807, 2.05) is 25.1 Å². The van der Waals surface area contributed by atoms with Gasteiger partial charge < -0.3 is 20.9 Å². The van der Waals surface area contributed by atoms with E-state index in [2.05, 4.69) is 5.32 Å². The molecule has 1 rings (SSSR count). The summed E-state index contributed by atoms with van der Waals surface area (Å²) >= 11 is 0. The smallest absolute Gasteiger partial charge is 0.322 e. The third-order valence-electron chi connectivity index (χ3n) is 2.50. The summed E-state index contributed by atoms with van der Waals surface area (Å²) < 4.78 is 5.21. The van der Waals surface area contributed by atoms with E-state index >= 15 is 0 Å². The van der Waals surface area contributed by atoms with Crippen molar-refractivity contribution >= 4 is 11.7 Å². The quantitative estimate of drug-likeness (QED) is 0.690. The zero-order valence-electron chi connectivity index (χ0n) is 10.1. The topological polar surface area (TPSA) is 84.6 Å². The Morgan fingerprint density at radius 1 is 1.59 bits per heavy atom. The molecule has 0 aliphatic rings. The van der Waals surface area contributed by atoms with Crippen LogP contribution < -0.4 is 15.8 Å². The molecule has 0 spiro atoms. The van der Waals surface area contributed by atoms with Crippen molar-refractivity contribution in [2.24, 2.45) is 5.73 Å². The van der Waals surface area contributed by atoms with E-state index in [0.717, 1.165) is 23.4 Å². The number of carbonyl (C=O) groups is 1. The molecule has 0 heterocycles. The average molecular weight is 238 g/mol. The van der Waals surface area contributed by atoms with Crippen LogP contribution in [-0.4, -0.2) is 30.8 Å². The van der Waals surface area contributed by atoms with Gasteiger partial charge in [0.1, 0.15) is 11.8 Å². The van der Waals surface area contributed by atoms with Crippen molar-refractivity contribution in [3.8, 4) is 5.75 Å². The number of rotatable bonds is 6. The lowest BCUT2D eigenvalue weighted by atomic mass is 10.1. The molecule has 0 fully saturated rings. The first kappa shape index (κ1) is 13.3. The minimum atomic E-state index is -1.01. The SMILES string of the molecule is CCc1cc(NCC(N)C(=O)O)ccc1OC. The molecular formula is C12H18N2O3. The molecule has 0 amide bonds. The van der Waals surface area contributed by atoms with Gasteiger partial charge in [-0.1, -0.05) is 6.92 Å². The fourth-order valence-corrected chi connectivity index (χ4v) is 1.48. The summed E-state index contributed by atoms with van der Waals surface area (Å²) in [7, 11) is 1.63. The Morgan fingerprint density at radius 2 is 2.29 bits per heavy atom. The van der Waals surface area contributed by atoms with Gasteiger partial charge in [-0.25, -0.2) is 0 Å². The molecular weight excluding hydrogens is 220 g/mol. The molecule has 1 aromatic carbocycles. The second kappa shape index (κ2) is 6.10. The number of methoxy groups -OCH3 is 1. The van der Waals surface area contributed by atoms with Crippen LogP contribution in [0, 0.1) is 0 Å². The van der Waals surface area contributed by atoms with Crippen LogP contribution in [-0.2, 0) is 11.2 Å². The Balaban J connectivity index is 2.69. The highest BCUT2D eigenvalue weighted by molar-refractivity contribution is 5.74. The molecule has 0 saturated carbocycles. The largest absolute Gasteiger partial charge is 0.496 e. The monoisotopic (exact) mass is 238 g/mol. The van der Waals surface area contributed by atoms with Crippen molar-refractivity contribution < 1.29 is 14.6 Å². The molecule has 0 aliphatic carbocycles. The fourth-order valence-electron chi connectivity index (χ4n) is 1.48. The molecule has 17 heavy (non-hydrogen) atoms. The maximum atomic E-state index is 10.6. The predicted molar refractivity (Wildman–Crippen MR) is 66.5 cm³/mol. The Morgan fingerprint density at radius 3 is 2.82 bits per heavy atom. The molecule has 5 nitrogen and oxygen atoms in total. The number of hydrogen-bond acceptors (Lipinski definition) is 4. The van der Waals surface area contributed by atoms with Gasteiger partial charge in [0.05, 0.1) is 7.11 Å². The maximum Gasteiger partial charge on any atom is 0.322 e. The van der Waals surface area contributed by atoms with Gasteiger partial charge in [-0.3, -0.25) is 4.79 Å². The first-order chi connectivity index (χ1) is 8.08. The van der Waals surface area contributed by atoms with Gasteiger partial charge in [-0.2, -0.15) is 0 Å². The van der Waals surface area contributed by atoms with Crippen LogP contribution in [0.5, 0.6) is 5.75 Å². The zero-order valence-corrected chi connectivity index (χ0v) is 10.1. The number of carboxylic acids is 1. The van der Waals surface area contributed by atoms with Crippen LogP contribution in [0.2, 0.25) is 0 Å². The molecule has 4 N–H and O–H groups in total. The summed E-state index contributed by atoms with van der Waals surface area (Å²) in [6.07, 6.45) is 0.851. The van der Waals surface area contributed by atoms with E-state index in [4.69, 9.17) is 15.6 Å². The summed E-state index contributed by atoms with van der Waals surface area (Å²) in [6, 6.07) is 4.73. The normalized spacial score (nSPS) is 11.9. The van der Waals surface area contributed by atoms with Crippen molar-refractivity contribution in [2.45, 2.75) is 19.4 Å². The minimum absolute atomic E-state index is 0.199. The number of nitrogens with one attached hydrogen (secondary N) is 1. The van der Waals surface area contributed by atoms with Crippen LogP contribution in [0.25, 0.3) is 0 Å². The van der Waals surface area contributed by atoms with Gasteiger partial charge in [0, 0.05) is 12.2 Å². The van der Waals surface area contributed by atoms with Crippen LogP contribution in [0.1, 0.15) is 12.5 Å². The van der Waals surface area contributed by atoms with E-state index in [1.54, 1.807) is 7.11 Å². The van der Waals surface area contributed by atoms with E-state index in [0.29, 0.717) is 0 Å². The Hall–Kier alpha value is -1.75. The van der Waals surface area contributed by atoms with Crippen LogP contribution in [0.4, 0.5) is 5.69 Å². The Kier molecular flexibility index (Phi) is 4.78. The summed E-state index contributed by atoms with van der Waals surface area (Å²) in [6.45, 7) is 2.23. The van der Waals surface area contributed by atoms with Crippen molar-refractivity contribution in [1.82, 2.24) is 0 Å². The van der Waals surface area contributed by atoms with Crippen LogP contribution >= 0.6 is 0 Å². The molecule has 5 heteroatoms. The average Bonchev–Trinajstić information content (AvgIpc) is 2.35. The molecule has 0 saturated heterocycles. The van der Waals surface area contributed by atoms with Gasteiger partial charge in [0.2, 0.25) is 0 Å². The maximum absolute atomic E-state index is 10.6. The highest BCUT2D eigenvalue weighted by Crippen LogP contribution is 2.22. The van der Waals surface area contributed by atoms with Crippen molar-refractivity contribution in [3.05, 3.63) is 23.8 Å². The highest BCUT2D eigenvalue weighted by Gasteiger charge is 2.11. The van der Waals surface area contributed by atoms with Crippen LogP contribution in [0.3, 0.4) is 0 Å². The molecule has 0 aliphatic heterocycles. The summed E-state index contributed by atoms with van der Waals surface area (Å²) in [5, 5.41) is 11.6. The van der Waals surface area contributed by atoms with Crippen LogP contribution in [0.15, 0.2) is 18.2 Å². The Labute approximate surface area is 101 Å². The number of carboxylic acid groups (broad SMARTS) is 1. The van der Waals surface area contributed by atoms with Crippen molar-refractivity contribution in [1.29, 1.82) is 0 Å². The van der Waals surface area contributed by atoms with Crippen molar-refractivity contribution in [2.75, 3.05) is 19.0 Å². The van der Waals surface area contributed by atoms with E-state index in [9.17, 15) is 4.79 Å². The van der Waals surface area contributed by atoms with Gasteiger partial charge in [0.25, 0.3) is 0 Å². The number of aryl methyl sites for hydroxylation is 1. The van der Waals surface area contributed by atoms with Gasteiger partial charge in [-0.15, -0.1) is 0 Å². The first-order valence-corrected chi connectivity index (χ1v) is 5.47. The Bertz CT molecular complexity index is 393. The number of aliphatic carboxylic acids is 1. The number of hydrogen-bond donors (Lipinski definition) is 3. The number of anilines is 1. The summed E-state index contributed by atoms with van der Waals surface area (Å²) in [5.41, 5.74) is 7.32. The van der Waals surface area contributed by atoms with Gasteiger partial charge in [0.15, 0.2) is 0 Å². The zero-order chi connectivity index (χ0) is 12.8.